The minimum Gasteiger partial charge on any atom is -0.478 e. The number of halogens is 1. The number of anilines is 1. The molecule has 0 aliphatic rings. The van der Waals surface area contributed by atoms with Crippen molar-refractivity contribution in [1.82, 2.24) is 5.32 Å². The molecular weight excluding hydrogens is 324 g/mol. The van der Waals surface area contributed by atoms with E-state index in [0.717, 1.165) is 0 Å². The third-order valence-electron chi connectivity index (χ3n) is 2.72. The number of rotatable bonds is 3. The molecule has 2 rings (SSSR count). The fourth-order valence-electron chi connectivity index (χ4n) is 1.69. The Labute approximate surface area is 136 Å². The molecule has 2 aromatic rings. The van der Waals surface area contributed by atoms with Gasteiger partial charge >= 0.3 is 5.97 Å². The van der Waals surface area contributed by atoms with Gasteiger partial charge in [0.2, 0.25) is 0 Å². The average molecular weight is 335 g/mol. The molecule has 0 heterocycles. The van der Waals surface area contributed by atoms with Crippen LogP contribution in [0.1, 0.15) is 20.7 Å². The molecule has 0 unspecified atom stereocenters. The van der Waals surface area contributed by atoms with Crippen LogP contribution in [0, 0.1) is 0 Å². The lowest BCUT2D eigenvalue weighted by atomic mass is 10.2. The van der Waals surface area contributed by atoms with E-state index in [1.807, 2.05) is 0 Å². The number of amides is 1. The van der Waals surface area contributed by atoms with Gasteiger partial charge in [-0.05, 0) is 42.5 Å². The molecule has 0 radical (unpaired) electrons. The number of hydrogen-bond donors (Lipinski definition) is 3. The van der Waals surface area contributed by atoms with E-state index in [-0.39, 0.29) is 21.6 Å². The minimum absolute atomic E-state index is 0.00791. The van der Waals surface area contributed by atoms with Gasteiger partial charge < -0.3 is 10.4 Å². The summed E-state index contributed by atoms with van der Waals surface area (Å²) in [5, 5.41) is 14.4. The van der Waals surface area contributed by atoms with Crippen molar-refractivity contribution in [2.45, 2.75) is 0 Å². The van der Waals surface area contributed by atoms with Crippen LogP contribution in [0.15, 0.2) is 48.5 Å². The summed E-state index contributed by atoms with van der Waals surface area (Å²) in [7, 11) is 0. The number of hydrogen-bond acceptors (Lipinski definition) is 3. The van der Waals surface area contributed by atoms with Gasteiger partial charge in [-0.3, -0.25) is 10.1 Å². The van der Waals surface area contributed by atoms with E-state index in [4.69, 9.17) is 28.9 Å². The third-order valence-corrected chi connectivity index (χ3v) is 3.24. The predicted octanol–water partition coefficient (Wildman–Crippen LogP) is 3.17. The first kappa shape index (κ1) is 15.9. The lowest BCUT2D eigenvalue weighted by Gasteiger charge is -2.10. The third kappa shape index (κ3) is 4.03. The molecule has 0 bridgehead atoms. The molecule has 0 saturated heterocycles. The maximum atomic E-state index is 11.9. The SMILES string of the molecule is O=C(NC(=S)Nc1ccc(C(=O)O)c(Cl)c1)c1ccccc1. The Morgan fingerprint density at radius 3 is 2.36 bits per heavy atom. The van der Waals surface area contributed by atoms with Crippen LogP contribution in [0.5, 0.6) is 0 Å². The Morgan fingerprint density at radius 2 is 1.77 bits per heavy atom. The normalized spacial score (nSPS) is 9.86. The highest BCUT2D eigenvalue weighted by molar-refractivity contribution is 7.80. The molecule has 0 atom stereocenters. The summed E-state index contributed by atoms with van der Waals surface area (Å²) in [4.78, 5) is 22.8. The molecule has 0 spiro atoms. The number of carboxylic acid groups (broad SMARTS) is 1. The van der Waals surface area contributed by atoms with Crippen molar-refractivity contribution in [3.8, 4) is 0 Å². The van der Waals surface area contributed by atoms with E-state index >= 15 is 0 Å². The summed E-state index contributed by atoms with van der Waals surface area (Å²) in [5.41, 5.74) is 0.950. The molecule has 112 valence electrons. The zero-order valence-corrected chi connectivity index (χ0v) is 12.7. The van der Waals surface area contributed by atoms with Gasteiger partial charge in [0.15, 0.2) is 5.11 Å². The summed E-state index contributed by atoms with van der Waals surface area (Å²) >= 11 is 10.9. The molecule has 3 N–H and O–H groups in total. The first-order valence-corrected chi connectivity index (χ1v) is 6.96. The molecule has 1 amide bonds. The number of carbonyl (C=O) groups is 2. The zero-order valence-electron chi connectivity index (χ0n) is 11.2. The lowest BCUT2D eigenvalue weighted by Crippen LogP contribution is -2.34. The van der Waals surface area contributed by atoms with Crippen LogP contribution in [0.25, 0.3) is 0 Å². The van der Waals surface area contributed by atoms with Crippen molar-refractivity contribution < 1.29 is 14.7 Å². The molecular formula is C15H11ClN2O3S. The van der Waals surface area contributed by atoms with Crippen LogP contribution in [0.4, 0.5) is 5.69 Å². The quantitative estimate of drug-likeness (QED) is 0.751. The molecule has 0 aromatic heterocycles. The standard InChI is InChI=1S/C15H11ClN2O3S/c16-12-8-10(6-7-11(12)14(20)21)17-15(22)18-13(19)9-4-2-1-3-5-9/h1-8H,(H,20,21)(H2,17,18,19,22). The first-order valence-electron chi connectivity index (χ1n) is 6.17. The second-order valence-electron chi connectivity index (χ2n) is 4.27. The Kier molecular flexibility index (Phi) is 5.08. The van der Waals surface area contributed by atoms with E-state index in [1.54, 1.807) is 30.3 Å². The van der Waals surface area contributed by atoms with Crippen molar-refractivity contribution in [1.29, 1.82) is 0 Å². The number of thiocarbonyl (C=S) groups is 1. The second kappa shape index (κ2) is 7.02. The van der Waals surface area contributed by atoms with Crippen LogP contribution < -0.4 is 10.6 Å². The highest BCUT2D eigenvalue weighted by Gasteiger charge is 2.11. The second-order valence-corrected chi connectivity index (χ2v) is 5.09. The number of carboxylic acids is 1. The van der Waals surface area contributed by atoms with E-state index in [9.17, 15) is 9.59 Å². The van der Waals surface area contributed by atoms with Crippen LogP contribution in [-0.4, -0.2) is 22.1 Å². The summed E-state index contributed by atoms with van der Waals surface area (Å²) < 4.78 is 0. The lowest BCUT2D eigenvalue weighted by molar-refractivity contribution is 0.0697. The van der Waals surface area contributed by atoms with Gasteiger partial charge in [-0.1, -0.05) is 29.8 Å². The van der Waals surface area contributed by atoms with Crippen molar-refractivity contribution in [2.24, 2.45) is 0 Å². The van der Waals surface area contributed by atoms with Gasteiger partial charge in [0.05, 0.1) is 10.6 Å². The van der Waals surface area contributed by atoms with Crippen LogP contribution >= 0.6 is 23.8 Å². The Morgan fingerprint density at radius 1 is 1.09 bits per heavy atom. The van der Waals surface area contributed by atoms with Gasteiger partial charge in [0, 0.05) is 11.3 Å². The van der Waals surface area contributed by atoms with Gasteiger partial charge in [-0.2, -0.15) is 0 Å². The van der Waals surface area contributed by atoms with Gasteiger partial charge in [-0.15, -0.1) is 0 Å². The van der Waals surface area contributed by atoms with Crippen molar-refractivity contribution in [3.63, 3.8) is 0 Å². The Hall–Kier alpha value is -2.44. The van der Waals surface area contributed by atoms with Crippen molar-refractivity contribution >= 4 is 46.5 Å². The van der Waals surface area contributed by atoms with Gasteiger partial charge in [-0.25, -0.2) is 4.79 Å². The molecule has 22 heavy (non-hydrogen) atoms. The van der Waals surface area contributed by atoms with E-state index in [1.165, 1.54) is 18.2 Å². The van der Waals surface area contributed by atoms with E-state index in [2.05, 4.69) is 10.6 Å². The number of carbonyl (C=O) groups excluding carboxylic acids is 1. The van der Waals surface area contributed by atoms with Crippen molar-refractivity contribution in [3.05, 3.63) is 64.7 Å². The van der Waals surface area contributed by atoms with Crippen molar-refractivity contribution in [2.75, 3.05) is 5.32 Å². The number of aromatic carboxylic acids is 1. The van der Waals surface area contributed by atoms with Crippen LogP contribution in [-0.2, 0) is 0 Å². The number of benzene rings is 2. The average Bonchev–Trinajstić information content (AvgIpc) is 2.47. The molecule has 0 aliphatic heterocycles. The summed E-state index contributed by atoms with van der Waals surface area (Å²) in [6, 6.07) is 12.9. The fraction of sp³-hybridized carbons (Fsp3) is 0. The Balaban J connectivity index is 2.02. The predicted molar refractivity (Wildman–Crippen MR) is 88.5 cm³/mol. The highest BCUT2D eigenvalue weighted by atomic mass is 35.5. The fourth-order valence-corrected chi connectivity index (χ4v) is 2.17. The molecule has 0 fully saturated rings. The van der Waals surface area contributed by atoms with Gasteiger partial charge in [0.25, 0.3) is 5.91 Å². The van der Waals surface area contributed by atoms with E-state index < -0.39 is 5.97 Å². The first-order chi connectivity index (χ1) is 10.5. The zero-order chi connectivity index (χ0) is 16.1. The smallest absolute Gasteiger partial charge is 0.337 e. The number of nitrogens with one attached hydrogen (secondary N) is 2. The molecule has 0 saturated carbocycles. The summed E-state index contributed by atoms with van der Waals surface area (Å²) in [6.45, 7) is 0. The minimum atomic E-state index is -1.11. The van der Waals surface area contributed by atoms with E-state index in [0.29, 0.717) is 11.3 Å². The topological polar surface area (TPSA) is 78.4 Å². The maximum absolute atomic E-state index is 11.9. The van der Waals surface area contributed by atoms with Gasteiger partial charge in [0.1, 0.15) is 0 Å². The molecule has 5 nitrogen and oxygen atoms in total. The highest BCUT2D eigenvalue weighted by Crippen LogP contribution is 2.20. The largest absolute Gasteiger partial charge is 0.478 e. The molecule has 0 aliphatic carbocycles. The Bertz CT molecular complexity index is 735. The maximum Gasteiger partial charge on any atom is 0.337 e. The van der Waals surface area contributed by atoms with Crippen LogP contribution in [0.3, 0.4) is 0 Å². The summed E-state index contributed by atoms with van der Waals surface area (Å²) in [6.07, 6.45) is 0. The monoisotopic (exact) mass is 334 g/mol. The molecule has 7 heteroatoms. The summed E-state index contributed by atoms with van der Waals surface area (Å²) in [5.74, 6) is -1.46. The molecule has 2 aromatic carbocycles. The van der Waals surface area contributed by atoms with Crippen LogP contribution in [0.2, 0.25) is 5.02 Å².